The second-order valence-corrected chi connectivity index (χ2v) is 9.81. The number of nitrogens with one attached hydrogen (secondary N) is 4. The van der Waals surface area contributed by atoms with Crippen molar-refractivity contribution in [3.8, 4) is 11.5 Å². The van der Waals surface area contributed by atoms with E-state index in [1.807, 2.05) is 7.05 Å². The number of amidine groups is 1. The van der Waals surface area contributed by atoms with Crippen molar-refractivity contribution in [1.29, 1.82) is 5.41 Å². The van der Waals surface area contributed by atoms with Gasteiger partial charge in [-0.15, -0.1) is 0 Å². The lowest BCUT2D eigenvalue weighted by Gasteiger charge is -2.18. The fourth-order valence-electron chi connectivity index (χ4n) is 4.52. The third-order valence-electron chi connectivity index (χ3n) is 6.52. The third kappa shape index (κ3) is 5.93. The highest BCUT2D eigenvalue weighted by molar-refractivity contribution is 6.36. The van der Waals surface area contributed by atoms with Gasteiger partial charge in [0.1, 0.15) is 28.1 Å². The van der Waals surface area contributed by atoms with E-state index in [2.05, 4.69) is 35.8 Å². The zero-order chi connectivity index (χ0) is 29.3. The summed E-state index contributed by atoms with van der Waals surface area (Å²) in [5, 5.41) is 16.8. The van der Waals surface area contributed by atoms with Gasteiger partial charge in [0.2, 0.25) is 5.95 Å². The molecule has 4 N–H and O–H groups in total. The predicted octanol–water partition coefficient (Wildman–Crippen LogP) is 4.40. The number of hydrogen-bond donors (Lipinski definition) is 4. The molecule has 1 saturated heterocycles. The van der Waals surface area contributed by atoms with Crippen LogP contribution in [0.15, 0.2) is 53.2 Å². The van der Waals surface area contributed by atoms with Crippen molar-refractivity contribution in [3.63, 3.8) is 0 Å². The maximum atomic E-state index is 13.7. The molecule has 1 fully saturated rings. The zero-order valence-corrected chi connectivity index (χ0v) is 23.1. The van der Waals surface area contributed by atoms with E-state index in [-0.39, 0.29) is 45.7 Å². The number of likely N-dealkylation sites (N-methyl/N-ethyl adjacent to an activating group) is 2. The molecule has 3 aromatic rings. The quantitative estimate of drug-likeness (QED) is 0.236. The van der Waals surface area contributed by atoms with Gasteiger partial charge in [0.05, 0.1) is 18.0 Å². The first-order valence-corrected chi connectivity index (χ1v) is 12.9. The Morgan fingerprint density at radius 3 is 2.76 bits per heavy atom. The number of alkyl halides is 3. The van der Waals surface area contributed by atoms with E-state index < -0.39 is 11.7 Å². The van der Waals surface area contributed by atoms with Crippen molar-refractivity contribution in [3.05, 3.63) is 58.8 Å². The van der Waals surface area contributed by atoms with E-state index in [0.717, 1.165) is 31.3 Å². The van der Waals surface area contributed by atoms with Gasteiger partial charge in [-0.1, -0.05) is 11.6 Å². The van der Waals surface area contributed by atoms with Crippen LogP contribution in [0, 0.1) is 5.41 Å². The van der Waals surface area contributed by atoms with Gasteiger partial charge in [0.15, 0.2) is 23.0 Å². The van der Waals surface area contributed by atoms with Crippen LogP contribution in [0.4, 0.5) is 24.8 Å². The number of aryl methyl sites for hydroxylation is 1. The van der Waals surface area contributed by atoms with E-state index >= 15 is 0 Å². The maximum absolute atomic E-state index is 13.7. The number of hydrogen-bond acceptors (Lipinski definition) is 10. The summed E-state index contributed by atoms with van der Waals surface area (Å²) in [5.41, 5.74) is 0.318. The lowest BCUT2D eigenvalue weighted by molar-refractivity contribution is -0.137. The monoisotopic (exact) mass is 589 g/mol. The number of anilines is 2. The minimum Gasteiger partial charge on any atom is -0.489 e. The summed E-state index contributed by atoms with van der Waals surface area (Å²) in [6, 6.07) is 3.49. The molecule has 1 aromatic carbocycles. The Kier molecular flexibility index (Phi) is 7.78. The van der Waals surface area contributed by atoms with Gasteiger partial charge in [0, 0.05) is 51.3 Å². The highest BCUT2D eigenvalue weighted by atomic mass is 35.5. The standard InChI is InChI=1S/C26H27ClF3N9O2/c1-32-23-21(33-5-6-34-23)18(11-31)41-19-12-35-24-22(20(19)27)39(3)25(37-24)36-15-8-14(26(28,29)30)9-17(10-15)40-16-4-7-38(2)13-16/h5-6,8-12,16,31,33H,4,7,13H2,1-3H3,(H,32,34)(H,35,36,37)/b21-18+,31-11?/t16-/m0/s1. The number of ether oxygens (including phenoxy) is 2. The largest absolute Gasteiger partial charge is 0.489 e. The highest BCUT2D eigenvalue weighted by Gasteiger charge is 2.32. The van der Waals surface area contributed by atoms with Gasteiger partial charge < -0.3 is 40.3 Å². The fourth-order valence-corrected chi connectivity index (χ4v) is 4.82. The van der Waals surface area contributed by atoms with Crippen LogP contribution in [0.2, 0.25) is 5.02 Å². The fraction of sp³-hybridized carbons (Fsp3) is 0.308. The van der Waals surface area contributed by atoms with E-state index in [1.54, 1.807) is 31.1 Å². The van der Waals surface area contributed by atoms with Crippen molar-refractivity contribution in [2.45, 2.75) is 18.7 Å². The third-order valence-corrected chi connectivity index (χ3v) is 6.89. The van der Waals surface area contributed by atoms with Crippen LogP contribution in [0.3, 0.4) is 0 Å². The van der Waals surface area contributed by atoms with Crippen LogP contribution in [-0.4, -0.2) is 64.8 Å². The molecule has 1 atom stereocenters. The number of allylic oxidation sites excluding steroid dienone is 1. The molecule has 0 radical (unpaired) electrons. The SMILES string of the molecule is CNC1=NC=CN/C1=C(\C=N)Oc1cnc2nc(Nc3cc(O[C@H]4CCN(C)C4)cc(C(F)(F)F)c3)n(C)c2c1Cl. The summed E-state index contributed by atoms with van der Waals surface area (Å²) in [6.45, 7) is 1.44. The minimum atomic E-state index is -4.58. The molecule has 2 aliphatic rings. The van der Waals surface area contributed by atoms with Crippen molar-refractivity contribution in [2.24, 2.45) is 12.0 Å². The average molecular weight is 590 g/mol. The van der Waals surface area contributed by atoms with Crippen LogP contribution in [0.1, 0.15) is 12.0 Å². The first kappa shape index (κ1) is 28.2. The number of aliphatic imine (C=N–C) groups is 1. The van der Waals surface area contributed by atoms with E-state index in [9.17, 15) is 13.2 Å². The zero-order valence-electron chi connectivity index (χ0n) is 22.3. The van der Waals surface area contributed by atoms with Gasteiger partial charge in [-0.25, -0.2) is 9.98 Å². The number of benzene rings is 1. The van der Waals surface area contributed by atoms with E-state index in [4.69, 9.17) is 26.5 Å². The molecule has 216 valence electrons. The second kappa shape index (κ2) is 11.3. The molecule has 4 heterocycles. The van der Waals surface area contributed by atoms with Crippen LogP contribution < -0.4 is 25.4 Å². The summed E-state index contributed by atoms with van der Waals surface area (Å²) >= 11 is 6.69. The van der Waals surface area contributed by atoms with Crippen molar-refractivity contribution in [2.75, 3.05) is 32.5 Å². The first-order chi connectivity index (χ1) is 19.6. The van der Waals surface area contributed by atoms with Gasteiger partial charge in [-0.3, -0.25) is 0 Å². The van der Waals surface area contributed by atoms with Crippen LogP contribution in [0.5, 0.6) is 11.5 Å². The Morgan fingerprint density at radius 2 is 2.07 bits per heavy atom. The molecular formula is C26H27ClF3N9O2. The molecule has 0 saturated carbocycles. The summed E-state index contributed by atoms with van der Waals surface area (Å²) < 4.78 is 54.6. The van der Waals surface area contributed by atoms with Gasteiger partial charge in [-0.2, -0.15) is 18.2 Å². The normalized spacial score (nSPS) is 18.6. The molecule has 11 nitrogen and oxygen atoms in total. The Bertz CT molecular complexity index is 1580. The predicted molar refractivity (Wildman–Crippen MR) is 150 cm³/mol. The summed E-state index contributed by atoms with van der Waals surface area (Å²) in [7, 11) is 5.26. The molecule has 15 heteroatoms. The topological polar surface area (TPSA) is 125 Å². The van der Waals surface area contributed by atoms with Gasteiger partial charge in [0.25, 0.3) is 0 Å². The van der Waals surface area contributed by atoms with Crippen LogP contribution in [0.25, 0.3) is 11.2 Å². The molecule has 0 bridgehead atoms. The molecule has 2 aromatic heterocycles. The minimum absolute atomic E-state index is 0.107. The molecule has 0 spiro atoms. The number of nitrogens with zero attached hydrogens (tertiary/aromatic N) is 5. The van der Waals surface area contributed by atoms with Crippen molar-refractivity contribution in [1.82, 2.24) is 30.1 Å². The number of likely N-dealkylation sites (tertiary alicyclic amines) is 1. The van der Waals surface area contributed by atoms with Crippen LogP contribution >= 0.6 is 11.6 Å². The summed E-state index contributed by atoms with van der Waals surface area (Å²) in [6.07, 6.45) is 1.44. The lowest BCUT2D eigenvalue weighted by atomic mass is 10.1. The second-order valence-electron chi connectivity index (χ2n) is 9.44. The number of imidazole rings is 1. The Labute approximate surface area is 238 Å². The molecule has 41 heavy (non-hydrogen) atoms. The Morgan fingerprint density at radius 1 is 1.27 bits per heavy atom. The number of fused-ring (bicyclic) bond motifs is 1. The molecule has 0 aliphatic carbocycles. The number of rotatable bonds is 7. The molecule has 5 rings (SSSR count). The number of pyridine rings is 1. The van der Waals surface area contributed by atoms with Gasteiger partial charge >= 0.3 is 6.18 Å². The first-order valence-electron chi connectivity index (χ1n) is 12.5. The van der Waals surface area contributed by atoms with E-state index in [0.29, 0.717) is 23.6 Å². The van der Waals surface area contributed by atoms with Gasteiger partial charge in [-0.05, 0) is 25.6 Å². The van der Waals surface area contributed by atoms with E-state index in [1.165, 1.54) is 12.3 Å². The number of aromatic nitrogens is 3. The highest BCUT2D eigenvalue weighted by Crippen LogP contribution is 2.37. The molecule has 2 aliphatic heterocycles. The smallest absolute Gasteiger partial charge is 0.416 e. The van der Waals surface area contributed by atoms with Crippen molar-refractivity contribution >= 4 is 46.5 Å². The maximum Gasteiger partial charge on any atom is 0.416 e. The molecular weight excluding hydrogens is 563 g/mol. The number of halogens is 4. The summed E-state index contributed by atoms with van der Waals surface area (Å²) in [4.78, 5) is 15.0. The Balaban J connectivity index is 1.46. The van der Waals surface area contributed by atoms with Crippen molar-refractivity contribution < 1.29 is 22.6 Å². The summed E-state index contributed by atoms with van der Waals surface area (Å²) in [5.74, 6) is 1.02. The van der Waals surface area contributed by atoms with Crippen LogP contribution in [-0.2, 0) is 13.2 Å². The lowest BCUT2D eigenvalue weighted by Crippen LogP contribution is -2.31. The molecule has 0 unspecified atom stereocenters. The average Bonchev–Trinajstić information content (AvgIpc) is 3.49. The molecule has 0 amide bonds. The Hall–Kier alpha value is -4.30.